The molecule has 2 N–H and O–H groups in total. The standard InChI is InChI=1S/C20H28N4O4/c25-18(21-8-11-23-9-4-1-5-10-23)19(26)22-17-7-3-2-6-16(17)20(27)24-12-14-28-15-13-24/h2-3,6-7H,1,4-5,8-15H2,(H,21,25)(H,22,26). The number of amides is 3. The van der Waals surface area contributed by atoms with Crippen molar-refractivity contribution in [3.63, 3.8) is 0 Å². The third kappa shape index (κ3) is 5.53. The summed E-state index contributed by atoms with van der Waals surface area (Å²) in [5.74, 6) is -1.63. The lowest BCUT2D eigenvalue weighted by atomic mass is 10.1. The van der Waals surface area contributed by atoms with Gasteiger partial charge in [0.25, 0.3) is 5.91 Å². The van der Waals surface area contributed by atoms with Gasteiger partial charge < -0.3 is 25.2 Å². The molecular formula is C20H28N4O4. The van der Waals surface area contributed by atoms with Gasteiger partial charge in [-0.2, -0.15) is 0 Å². The quantitative estimate of drug-likeness (QED) is 0.725. The highest BCUT2D eigenvalue weighted by Gasteiger charge is 2.23. The van der Waals surface area contributed by atoms with Crippen LogP contribution in [0.25, 0.3) is 0 Å². The summed E-state index contributed by atoms with van der Waals surface area (Å²) in [5.41, 5.74) is 0.717. The predicted octanol–water partition coefficient (Wildman–Crippen LogP) is 0.700. The Morgan fingerprint density at radius 2 is 1.64 bits per heavy atom. The summed E-state index contributed by atoms with van der Waals surface area (Å²) < 4.78 is 5.27. The van der Waals surface area contributed by atoms with E-state index in [1.807, 2.05) is 0 Å². The zero-order chi connectivity index (χ0) is 19.8. The van der Waals surface area contributed by atoms with Gasteiger partial charge in [0.2, 0.25) is 0 Å². The Balaban J connectivity index is 1.53. The molecule has 0 unspecified atom stereocenters. The first-order chi connectivity index (χ1) is 13.6. The summed E-state index contributed by atoms with van der Waals surface area (Å²) in [6, 6.07) is 6.75. The minimum Gasteiger partial charge on any atom is -0.378 e. The van der Waals surface area contributed by atoms with Gasteiger partial charge in [-0.1, -0.05) is 18.6 Å². The summed E-state index contributed by atoms with van der Waals surface area (Å²) in [6.07, 6.45) is 3.62. The van der Waals surface area contributed by atoms with Gasteiger partial charge in [-0.3, -0.25) is 14.4 Å². The molecule has 1 aromatic rings. The van der Waals surface area contributed by atoms with Gasteiger partial charge in [-0.15, -0.1) is 0 Å². The number of likely N-dealkylation sites (tertiary alicyclic amines) is 1. The number of anilines is 1. The van der Waals surface area contributed by atoms with E-state index in [-0.39, 0.29) is 5.91 Å². The molecule has 0 saturated carbocycles. The minimum atomic E-state index is -0.763. The van der Waals surface area contributed by atoms with Crippen molar-refractivity contribution in [2.45, 2.75) is 19.3 Å². The molecule has 152 valence electrons. The minimum absolute atomic E-state index is 0.176. The lowest BCUT2D eigenvalue weighted by molar-refractivity contribution is -0.136. The lowest BCUT2D eigenvalue weighted by Gasteiger charge is -2.27. The van der Waals surface area contributed by atoms with E-state index in [1.54, 1.807) is 29.2 Å². The van der Waals surface area contributed by atoms with E-state index in [2.05, 4.69) is 15.5 Å². The number of hydrogen-bond donors (Lipinski definition) is 2. The molecule has 2 saturated heterocycles. The van der Waals surface area contributed by atoms with Crippen LogP contribution in [0.1, 0.15) is 29.6 Å². The second-order valence-electron chi connectivity index (χ2n) is 7.06. The molecule has 3 amide bonds. The molecule has 28 heavy (non-hydrogen) atoms. The van der Waals surface area contributed by atoms with E-state index in [4.69, 9.17) is 4.74 Å². The number of morpholine rings is 1. The molecule has 0 aromatic heterocycles. The monoisotopic (exact) mass is 388 g/mol. The number of rotatable bonds is 5. The third-order valence-electron chi connectivity index (χ3n) is 5.07. The van der Waals surface area contributed by atoms with Crippen LogP contribution in [0, 0.1) is 0 Å². The fourth-order valence-electron chi connectivity index (χ4n) is 3.49. The number of carbonyl (C=O) groups is 3. The second kappa shape index (κ2) is 10.2. The van der Waals surface area contributed by atoms with Crippen LogP contribution in [0.4, 0.5) is 5.69 Å². The van der Waals surface area contributed by atoms with Gasteiger partial charge in [0, 0.05) is 26.2 Å². The lowest BCUT2D eigenvalue weighted by Crippen LogP contribution is -2.42. The van der Waals surface area contributed by atoms with E-state index in [0.717, 1.165) is 19.6 Å². The summed E-state index contributed by atoms with van der Waals surface area (Å²) in [6.45, 7) is 5.28. The third-order valence-corrected chi connectivity index (χ3v) is 5.07. The molecule has 0 radical (unpaired) electrons. The highest BCUT2D eigenvalue weighted by atomic mass is 16.5. The van der Waals surface area contributed by atoms with Crippen molar-refractivity contribution in [3.05, 3.63) is 29.8 Å². The summed E-state index contributed by atoms with van der Waals surface area (Å²) in [4.78, 5) is 41.1. The topological polar surface area (TPSA) is 91.0 Å². The Morgan fingerprint density at radius 1 is 0.929 bits per heavy atom. The summed E-state index contributed by atoms with van der Waals surface area (Å²) in [5, 5.41) is 5.23. The average molecular weight is 388 g/mol. The molecule has 3 rings (SSSR count). The van der Waals surface area contributed by atoms with E-state index in [0.29, 0.717) is 44.1 Å². The second-order valence-corrected chi connectivity index (χ2v) is 7.06. The van der Waals surface area contributed by atoms with Crippen LogP contribution in [-0.2, 0) is 14.3 Å². The molecule has 0 spiro atoms. The van der Waals surface area contributed by atoms with Crippen molar-refractivity contribution in [1.29, 1.82) is 0 Å². The Labute approximate surface area is 165 Å². The van der Waals surface area contributed by atoms with Gasteiger partial charge in [-0.05, 0) is 38.1 Å². The number of piperidine rings is 1. The van der Waals surface area contributed by atoms with Crippen molar-refractivity contribution in [3.8, 4) is 0 Å². The molecule has 0 aliphatic carbocycles. The molecule has 1 aromatic carbocycles. The van der Waals surface area contributed by atoms with Crippen molar-refractivity contribution in [2.75, 3.05) is 57.8 Å². The van der Waals surface area contributed by atoms with Crippen molar-refractivity contribution in [1.82, 2.24) is 15.1 Å². The molecule has 2 aliphatic heterocycles. The molecule has 2 aliphatic rings. The number of hydrogen-bond acceptors (Lipinski definition) is 5. The molecule has 2 fully saturated rings. The smallest absolute Gasteiger partial charge is 0.313 e. The number of nitrogens with zero attached hydrogens (tertiary/aromatic N) is 2. The van der Waals surface area contributed by atoms with Crippen LogP contribution in [-0.4, -0.2) is 80.0 Å². The fourth-order valence-corrected chi connectivity index (χ4v) is 3.49. The molecule has 2 heterocycles. The number of carbonyl (C=O) groups excluding carboxylic acids is 3. The maximum Gasteiger partial charge on any atom is 0.313 e. The highest BCUT2D eigenvalue weighted by molar-refractivity contribution is 6.40. The van der Waals surface area contributed by atoms with Crippen molar-refractivity contribution < 1.29 is 19.1 Å². The van der Waals surface area contributed by atoms with Crippen LogP contribution < -0.4 is 10.6 Å². The number of para-hydroxylation sites is 1. The normalized spacial score (nSPS) is 17.8. The summed E-state index contributed by atoms with van der Waals surface area (Å²) in [7, 11) is 0. The van der Waals surface area contributed by atoms with Crippen LogP contribution in [0.5, 0.6) is 0 Å². The molecule has 0 atom stereocenters. The Hall–Kier alpha value is -2.45. The first-order valence-electron chi connectivity index (χ1n) is 9.93. The molecule has 0 bridgehead atoms. The van der Waals surface area contributed by atoms with Crippen molar-refractivity contribution >= 4 is 23.4 Å². The molecule has 8 nitrogen and oxygen atoms in total. The van der Waals surface area contributed by atoms with Gasteiger partial charge in [0.05, 0.1) is 24.5 Å². The van der Waals surface area contributed by atoms with Crippen LogP contribution in [0.3, 0.4) is 0 Å². The number of nitrogens with one attached hydrogen (secondary N) is 2. The van der Waals surface area contributed by atoms with Gasteiger partial charge in [0.1, 0.15) is 0 Å². The van der Waals surface area contributed by atoms with Gasteiger partial charge in [0.15, 0.2) is 0 Å². The van der Waals surface area contributed by atoms with Gasteiger partial charge >= 0.3 is 11.8 Å². The average Bonchev–Trinajstić information content (AvgIpc) is 2.75. The van der Waals surface area contributed by atoms with Crippen LogP contribution >= 0.6 is 0 Å². The zero-order valence-corrected chi connectivity index (χ0v) is 16.1. The molecule has 8 heteroatoms. The fraction of sp³-hybridized carbons (Fsp3) is 0.550. The number of ether oxygens (including phenoxy) is 1. The van der Waals surface area contributed by atoms with E-state index >= 15 is 0 Å². The Kier molecular flexibility index (Phi) is 7.39. The first-order valence-corrected chi connectivity index (χ1v) is 9.93. The maximum absolute atomic E-state index is 12.7. The zero-order valence-electron chi connectivity index (χ0n) is 16.1. The van der Waals surface area contributed by atoms with Crippen LogP contribution in [0.2, 0.25) is 0 Å². The van der Waals surface area contributed by atoms with E-state index in [9.17, 15) is 14.4 Å². The van der Waals surface area contributed by atoms with E-state index < -0.39 is 11.8 Å². The summed E-state index contributed by atoms with van der Waals surface area (Å²) >= 11 is 0. The van der Waals surface area contributed by atoms with Crippen molar-refractivity contribution in [2.24, 2.45) is 0 Å². The SMILES string of the molecule is O=C(NCCN1CCCCC1)C(=O)Nc1ccccc1C(=O)N1CCOCC1. The Morgan fingerprint density at radius 3 is 2.39 bits per heavy atom. The highest BCUT2D eigenvalue weighted by Crippen LogP contribution is 2.18. The molecular weight excluding hydrogens is 360 g/mol. The Bertz CT molecular complexity index is 697. The maximum atomic E-state index is 12.7. The van der Waals surface area contributed by atoms with Crippen LogP contribution in [0.15, 0.2) is 24.3 Å². The van der Waals surface area contributed by atoms with Gasteiger partial charge in [-0.25, -0.2) is 0 Å². The first kappa shape index (κ1) is 20.3. The van der Waals surface area contributed by atoms with E-state index in [1.165, 1.54) is 19.3 Å². The largest absolute Gasteiger partial charge is 0.378 e. The number of benzene rings is 1. The predicted molar refractivity (Wildman–Crippen MR) is 105 cm³/mol.